The molecule has 1 atom stereocenters. The summed E-state index contributed by atoms with van der Waals surface area (Å²) in [6, 6.07) is 12.6. The van der Waals surface area contributed by atoms with Gasteiger partial charge in [0.15, 0.2) is 5.13 Å². The summed E-state index contributed by atoms with van der Waals surface area (Å²) >= 11 is 1.43. The molecular formula is C21H23N3O2S. The van der Waals surface area contributed by atoms with Crippen LogP contribution in [0.1, 0.15) is 35.3 Å². The first kappa shape index (κ1) is 19.0. The van der Waals surface area contributed by atoms with E-state index < -0.39 is 6.04 Å². The van der Waals surface area contributed by atoms with Crippen LogP contribution in [-0.2, 0) is 4.79 Å². The Bertz CT molecular complexity index is 994. The molecule has 5 nitrogen and oxygen atoms in total. The van der Waals surface area contributed by atoms with Gasteiger partial charge in [0.25, 0.3) is 5.91 Å². The van der Waals surface area contributed by atoms with Gasteiger partial charge in [-0.3, -0.25) is 9.59 Å². The number of fused-ring (bicyclic) bond motifs is 1. The number of aromatic nitrogens is 1. The summed E-state index contributed by atoms with van der Waals surface area (Å²) in [5.74, 6) is -0.570. The molecule has 0 aliphatic carbocycles. The van der Waals surface area contributed by atoms with E-state index in [9.17, 15) is 9.59 Å². The third-order valence-corrected chi connectivity index (χ3v) is 5.41. The zero-order valence-electron chi connectivity index (χ0n) is 15.9. The predicted molar refractivity (Wildman–Crippen MR) is 110 cm³/mol. The second kappa shape index (κ2) is 7.88. The summed E-state index contributed by atoms with van der Waals surface area (Å²) < 4.78 is 1.02. The Kier molecular flexibility index (Phi) is 5.56. The fourth-order valence-electron chi connectivity index (χ4n) is 2.90. The molecule has 2 N–H and O–H groups in total. The van der Waals surface area contributed by atoms with Crippen molar-refractivity contribution in [1.82, 2.24) is 10.3 Å². The van der Waals surface area contributed by atoms with Gasteiger partial charge in [0.1, 0.15) is 6.04 Å². The van der Waals surface area contributed by atoms with E-state index in [0.29, 0.717) is 10.7 Å². The third-order valence-electron chi connectivity index (χ3n) is 4.48. The topological polar surface area (TPSA) is 71.1 Å². The molecule has 0 bridgehead atoms. The minimum atomic E-state index is -0.648. The molecule has 1 aromatic heterocycles. The van der Waals surface area contributed by atoms with E-state index in [1.807, 2.05) is 64.1 Å². The van der Waals surface area contributed by atoms with E-state index >= 15 is 0 Å². The number of hydrogen-bond donors (Lipinski definition) is 2. The first-order valence-corrected chi connectivity index (χ1v) is 9.72. The van der Waals surface area contributed by atoms with Crippen LogP contribution in [0.15, 0.2) is 42.5 Å². The van der Waals surface area contributed by atoms with Crippen LogP contribution in [0.5, 0.6) is 0 Å². The molecule has 3 rings (SSSR count). The molecular weight excluding hydrogens is 358 g/mol. The standard InChI is InChI=1S/C21H23N3O2S/c1-12(2)17(22-19(25)15-10-6-5-8-13(15)3)20(26)24-21-23-18-14(4)9-7-11-16(18)27-21/h5-12,17H,1-4H3,(H,22,25)(H,23,24,26). The molecule has 0 spiro atoms. The number of carbonyl (C=O) groups is 2. The Labute approximate surface area is 162 Å². The van der Waals surface area contributed by atoms with Crippen molar-refractivity contribution in [2.75, 3.05) is 5.32 Å². The lowest BCUT2D eigenvalue weighted by Crippen LogP contribution is -2.47. The quantitative estimate of drug-likeness (QED) is 0.692. The van der Waals surface area contributed by atoms with Gasteiger partial charge in [-0.2, -0.15) is 0 Å². The normalized spacial score (nSPS) is 12.2. The Hall–Kier alpha value is -2.73. The third kappa shape index (κ3) is 4.17. The van der Waals surface area contributed by atoms with Crippen LogP contribution in [0.25, 0.3) is 10.2 Å². The largest absolute Gasteiger partial charge is 0.340 e. The first-order valence-electron chi connectivity index (χ1n) is 8.90. The summed E-state index contributed by atoms with van der Waals surface area (Å²) in [6.45, 7) is 7.69. The van der Waals surface area contributed by atoms with Crippen LogP contribution in [0.2, 0.25) is 0 Å². The van der Waals surface area contributed by atoms with Crippen LogP contribution in [0.3, 0.4) is 0 Å². The average Bonchev–Trinajstić information content (AvgIpc) is 3.03. The second-order valence-corrected chi connectivity index (χ2v) is 7.97. The van der Waals surface area contributed by atoms with Gasteiger partial charge in [0, 0.05) is 5.56 Å². The monoisotopic (exact) mass is 381 g/mol. The lowest BCUT2D eigenvalue weighted by molar-refractivity contribution is -0.118. The maximum Gasteiger partial charge on any atom is 0.252 e. The van der Waals surface area contributed by atoms with Crippen molar-refractivity contribution in [3.63, 3.8) is 0 Å². The van der Waals surface area contributed by atoms with E-state index in [1.54, 1.807) is 6.07 Å². The highest BCUT2D eigenvalue weighted by atomic mass is 32.1. The smallest absolute Gasteiger partial charge is 0.252 e. The van der Waals surface area contributed by atoms with Crippen LogP contribution in [0.4, 0.5) is 5.13 Å². The van der Waals surface area contributed by atoms with Crippen LogP contribution >= 0.6 is 11.3 Å². The highest BCUT2D eigenvalue weighted by molar-refractivity contribution is 7.22. The van der Waals surface area contributed by atoms with E-state index in [1.165, 1.54) is 11.3 Å². The molecule has 1 unspecified atom stereocenters. The molecule has 0 radical (unpaired) electrons. The number of thiazole rings is 1. The van der Waals surface area contributed by atoms with Crippen molar-refractivity contribution in [1.29, 1.82) is 0 Å². The molecule has 3 aromatic rings. The number of amides is 2. The molecule has 0 saturated carbocycles. The molecule has 2 aromatic carbocycles. The molecule has 0 fully saturated rings. The van der Waals surface area contributed by atoms with Crippen molar-refractivity contribution in [2.24, 2.45) is 5.92 Å². The lowest BCUT2D eigenvalue weighted by Gasteiger charge is -2.21. The van der Waals surface area contributed by atoms with Crippen molar-refractivity contribution >= 4 is 38.5 Å². The number of carbonyl (C=O) groups excluding carboxylic acids is 2. The van der Waals surface area contributed by atoms with Crippen molar-refractivity contribution in [3.8, 4) is 0 Å². The van der Waals surface area contributed by atoms with Gasteiger partial charge in [0.05, 0.1) is 10.2 Å². The number of anilines is 1. The number of para-hydroxylation sites is 1. The predicted octanol–water partition coefficient (Wildman–Crippen LogP) is 4.31. The molecule has 2 amide bonds. The van der Waals surface area contributed by atoms with Gasteiger partial charge in [-0.1, -0.05) is 55.5 Å². The number of nitrogens with one attached hydrogen (secondary N) is 2. The molecule has 0 aliphatic heterocycles. The molecule has 6 heteroatoms. The number of rotatable bonds is 5. The molecule has 0 aliphatic rings. The number of hydrogen-bond acceptors (Lipinski definition) is 4. The Morgan fingerprint density at radius 1 is 1.00 bits per heavy atom. The number of nitrogens with zero attached hydrogens (tertiary/aromatic N) is 1. The fourth-order valence-corrected chi connectivity index (χ4v) is 3.85. The van der Waals surface area contributed by atoms with E-state index in [4.69, 9.17) is 0 Å². The molecule has 140 valence electrons. The molecule has 1 heterocycles. The number of aryl methyl sites for hydroxylation is 2. The summed E-state index contributed by atoms with van der Waals surface area (Å²) in [7, 11) is 0. The summed E-state index contributed by atoms with van der Waals surface area (Å²) in [5, 5.41) is 6.27. The Morgan fingerprint density at radius 3 is 2.37 bits per heavy atom. The van der Waals surface area contributed by atoms with E-state index in [0.717, 1.165) is 21.3 Å². The minimum Gasteiger partial charge on any atom is -0.340 e. The Balaban J connectivity index is 1.77. The summed E-state index contributed by atoms with van der Waals surface area (Å²) in [5.41, 5.74) is 3.41. The zero-order chi connectivity index (χ0) is 19.6. The van der Waals surface area contributed by atoms with E-state index in [2.05, 4.69) is 15.6 Å². The summed E-state index contributed by atoms with van der Waals surface area (Å²) in [4.78, 5) is 29.9. The van der Waals surface area contributed by atoms with Crippen molar-refractivity contribution in [2.45, 2.75) is 33.7 Å². The fraction of sp³-hybridized carbons (Fsp3) is 0.286. The summed E-state index contributed by atoms with van der Waals surface area (Å²) in [6.07, 6.45) is 0. The first-order chi connectivity index (χ1) is 12.9. The van der Waals surface area contributed by atoms with Gasteiger partial charge < -0.3 is 10.6 Å². The zero-order valence-corrected chi connectivity index (χ0v) is 16.7. The highest BCUT2D eigenvalue weighted by Crippen LogP contribution is 2.28. The average molecular weight is 382 g/mol. The van der Waals surface area contributed by atoms with Gasteiger partial charge in [-0.15, -0.1) is 0 Å². The Morgan fingerprint density at radius 2 is 1.70 bits per heavy atom. The number of benzene rings is 2. The molecule has 0 saturated heterocycles. The molecule has 27 heavy (non-hydrogen) atoms. The van der Waals surface area contributed by atoms with Gasteiger partial charge >= 0.3 is 0 Å². The lowest BCUT2D eigenvalue weighted by atomic mass is 10.0. The van der Waals surface area contributed by atoms with Crippen LogP contribution < -0.4 is 10.6 Å². The SMILES string of the molecule is Cc1ccccc1C(=O)NC(C(=O)Nc1nc2c(C)cccc2s1)C(C)C. The highest BCUT2D eigenvalue weighted by Gasteiger charge is 2.26. The maximum atomic E-state index is 12.8. The van der Waals surface area contributed by atoms with E-state index in [-0.39, 0.29) is 17.7 Å². The van der Waals surface area contributed by atoms with Gasteiger partial charge in [-0.25, -0.2) is 4.98 Å². The second-order valence-electron chi connectivity index (χ2n) is 6.94. The van der Waals surface area contributed by atoms with Gasteiger partial charge in [0.2, 0.25) is 5.91 Å². The maximum absolute atomic E-state index is 12.8. The minimum absolute atomic E-state index is 0.0610. The van der Waals surface area contributed by atoms with Crippen molar-refractivity contribution < 1.29 is 9.59 Å². The van der Waals surface area contributed by atoms with Gasteiger partial charge in [-0.05, 0) is 43.0 Å². The van der Waals surface area contributed by atoms with Crippen LogP contribution in [-0.4, -0.2) is 22.8 Å². The van der Waals surface area contributed by atoms with Crippen LogP contribution in [0, 0.1) is 19.8 Å². The van der Waals surface area contributed by atoms with Crippen molar-refractivity contribution in [3.05, 3.63) is 59.2 Å².